The van der Waals surface area contributed by atoms with Crippen LogP contribution in [-0.4, -0.2) is 37.1 Å². The molecule has 0 aliphatic carbocycles. The summed E-state index contributed by atoms with van der Waals surface area (Å²) in [5.41, 5.74) is 3.87. The number of benzene rings is 1. The Bertz CT molecular complexity index is 433. The van der Waals surface area contributed by atoms with Crippen molar-refractivity contribution in [3.05, 3.63) is 35.4 Å². The molecule has 1 amide bonds. The highest BCUT2D eigenvalue weighted by molar-refractivity contribution is 5.93. The zero-order chi connectivity index (χ0) is 15.7. The number of carbonyl (C=O) groups excluding carboxylic acids is 1. The summed E-state index contributed by atoms with van der Waals surface area (Å²) in [6.45, 7) is 6.80. The summed E-state index contributed by atoms with van der Waals surface area (Å²) in [5.74, 6) is 4.92. The van der Waals surface area contributed by atoms with Crippen molar-refractivity contribution in [1.82, 2.24) is 10.3 Å². The Morgan fingerprint density at radius 1 is 1.38 bits per heavy atom. The molecule has 0 unspecified atom stereocenters. The van der Waals surface area contributed by atoms with Gasteiger partial charge in [-0.05, 0) is 30.5 Å². The van der Waals surface area contributed by atoms with E-state index in [0.717, 1.165) is 31.5 Å². The van der Waals surface area contributed by atoms with Gasteiger partial charge >= 0.3 is 0 Å². The maximum atomic E-state index is 11.6. The minimum Gasteiger partial charge on any atom is -0.383 e. The Kier molecular flexibility index (Phi) is 7.97. The van der Waals surface area contributed by atoms with Gasteiger partial charge in [-0.3, -0.25) is 15.1 Å². The van der Waals surface area contributed by atoms with Crippen molar-refractivity contribution >= 4 is 5.91 Å². The minimum atomic E-state index is -0.261. The van der Waals surface area contributed by atoms with Crippen molar-refractivity contribution in [2.75, 3.05) is 20.3 Å². The molecular weight excluding hydrogens is 266 g/mol. The molecular formula is C16H27N3O2. The third kappa shape index (κ3) is 5.46. The lowest BCUT2D eigenvalue weighted by atomic mass is 10.1. The topological polar surface area (TPSA) is 67.6 Å². The summed E-state index contributed by atoms with van der Waals surface area (Å²) in [6.07, 6.45) is 2.20. The molecule has 0 saturated heterocycles. The number of carbonyl (C=O) groups is 1. The van der Waals surface area contributed by atoms with E-state index in [0.29, 0.717) is 18.2 Å². The largest absolute Gasteiger partial charge is 0.383 e. The van der Waals surface area contributed by atoms with Crippen LogP contribution in [0, 0.1) is 0 Å². The van der Waals surface area contributed by atoms with E-state index in [1.807, 2.05) is 18.2 Å². The van der Waals surface area contributed by atoms with Crippen LogP contribution < -0.4 is 11.3 Å². The lowest BCUT2D eigenvalue weighted by molar-refractivity contribution is 0.0952. The molecule has 0 aromatic heterocycles. The summed E-state index contributed by atoms with van der Waals surface area (Å²) in [5, 5.41) is 0. The molecule has 0 bridgehead atoms. The molecule has 5 nitrogen and oxygen atoms in total. The van der Waals surface area contributed by atoms with Crippen LogP contribution in [0.25, 0.3) is 0 Å². The van der Waals surface area contributed by atoms with Gasteiger partial charge in [0.25, 0.3) is 5.91 Å². The lowest BCUT2D eigenvalue weighted by Gasteiger charge is -2.30. The van der Waals surface area contributed by atoms with Crippen molar-refractivity contribution in [1.29, 1.82) is 0 Å². The van der Waals surface area contributed by atoms with Gasteiger partial charge in [-0.1, -0.05) is 26.0 Å². The molecule has 0 atom stereocenters. The number of nitrogens with one attached hydrogen (secondary N) is 1. The van der Waals surface area contributed by atoms with Crippen LogP contribution in [0.3, 0.4) is 0 Å². The highest BCUT2D eigenvalue weighted by atomic mass is 16.5. The van der Waals surface area contributed by atoms with Crippen LogP contribution in [0.2, 0.25) is 0 Å². The van der Waals surface area contributed by atoms with Crippen molar-refractivity contribution in [3.8, 4) is 0 Å². The summed E-state index contributed by atoms with van der Waals surface area (Å²) in [7, 11) is 1.72. The normalized spacial score (nSPS) is 11.1. The predicted molar refractivity (Wildman–Crippen MR) is 84.8 cm³/mol. The maximum absolute atomic E-state index is 11.6. The second-order valence-electron chi connectivity index (χ2n) is 5.11. The van der Waals surface area contributed by atoms with E-state index in [2.05, 4.69) is 24.2 Å². The van der Waals surface area contributed by atoms with Gasteiger partial charge in [0.15, 0.2) is 0 Å². The lowest BCUT2D eigenvalue weighted by Crippen LogP contribution is -2.36. The smallest absolute Gasteiger partial charge is 0.265 e. The molecule has 1 aromatic carbocycles. The van der Waals surface area contributed by atoms with E-state index in [4.69, 9.17) is 10.6 Å². The average Bonchev–Trinajstić information content (AvgIpc) is 2.53. The van der Waals surface area contributed by atoms with Gasteiger partial charge in [-0.15, -0.1) is 0 Å². The van der Waals surface area contributed by atoms with Gasteiger partial charge in [-0.25, -0.2) is 5.84 Å². The molecule has 0 radical (unpaired) electrons. The quantitative estimate of drug-likeness (QED) is 0.415. The molecule has 0 fully saturated rings. The summed E-state index contributed by atoms with van der Waals surface area (Å²) >= 11 is 0. The number of nitrogens with two attached hydrogens (primary N) is 1. The first-order valence-corrected chi connectivity index (χ1v) is 7.49. The molecule has 118 valence electrons. The van der Waals surface area contributed by atoms with E-state index in [1.54, 1.807) is 13.2 Å². The van der Waals surface area contributed by atoms with Crippen LogP contribution >= 0.6 is 0 Å². The molecule has 0 aliphatic rings. The number of hydrogen-bond acceptors (Lipinski definition) is 4. The molecule has 5 heteroatoms. The maximum Gasteiger partial charge on any atom is 0.265 e. The fraction of sp³-hybridized carbons (Fsp3) is 0.562. The Morgan fingerprint density at radius 3 is 2.67 bits per heavy atom. The second kappa shape index (κ2) is 9.50. The molecule has 0 aliphatic heterocycles. The number of methoxy groups -OCH3 is 1. The summed E-state index contributed by atoms with van der Waals surface area (Å²) in [6, 6.07) is 8.11. The van der Waals surface area contributed by atoms with Gasteiger partial charge in [-0.2, -0.15) is 0 Å². The zero-order valence-corrected chi connectivity index (χ0v) is 13.3. The number of nitrogens with zero attached hydrogens (tertiary/aromatic N) is 1. The van der Waals surface area contributed by atoms with E-state index >= 15 is 0 Å². The van der Waals surface area contributed by atoms with Gasteiger partial charge in [0, 0.05) is 31.8 Å². The van der Waals surface area contributed by atoms with Crippen LogP contribution in [-0.2, 0) is 11.3 Å². The number of nitrogen functional groups attached to an aromatic ring is 1. The molecule has 21 heavy (non-hydrogen) atoms. The third-order valence-corrected chi connectivity index (χ3v) is 3.75. The Morgan fingerprint density at radius 2 is 2.10 bits per heavy atom. The SMILES string of the molecule is CCC(CC)N(CCOC)Cc1cccc(C(=O)NN)c1. The van der Waals surface area contributed by atoms with E-state index < -0.39 is 0 Å². The van der Waals surface area contributed by atoms with Crippen molar-refractivity contribution in [2.45, 2.75) is 39.3 Å². The van der Waals surface area contributed by atoms with Gasteiger partial charge in [0.05, 0.1) is 6.61 Å². The van der Waals surface area contributed by atoms with Gasteiger partial charge in [0.1, 0.15) is 0 Å². The predicted octanol–water partition coefficient (Wildman–Crippen LogP) is 1.93. The van der Waals surface area contributed by atoms with Crippen molar-refractivity contribution in [2.24, 2.45) is 5.84 Å². The Balaban J connectivity index is 2.84. The molecule has 3 N–H and O–H groups in total. The number of hydrogen-bond donors (Lipinski definition) is 2. The van der Waals surface area contributed by atoms with E-state index in [-0.39, 0.29) is 5.91 Å². The number of ether oxygens (including phenoxy) is 1. The molecule has 1 rings (SSSR count). The Labute approximate surface area is 127 Å². The van der Waals surface area contributed by atoms with Gasteiger partial charge in [0.2, 0.25) is 0 Å². The Hall–Kier alpha value is -1.43. The summed E-state index contributed by atoms with van der Waals surface area (Å²) in [4.78, 5) is 14.0. The van der Waals surface area contributed by atoms with E-state index in [1.165, 1.54) is 0 Å². The summed E-state index contributed by atoms with van der Waals surface area (Å²) < 4.78 is 5.21. The first kappa shape index (κ1) is 17.6. The number of rotatable bonds is 9. The van der Waals surface area contributed by atoms with Crippen LogP contribution in [0.15, 0.2) is 24.3 Å². The number of hydrazine groups is 1. The van der Waals surface area contributed by atoms with Crippen LogP contribution in [0.5, 0.6) is 0 Å². The highest BCUT2D eigenvalue weighted by Crippen LogP contribution is 2.14. The molecule has 0 heterocycles. The van der Waals surface area contributed by atoms with E-state index in [9.17, 15) is 4.79 Å². The average molecular weight is 293 g/mol. The minimum absolute atomic E-state index is 0.261. The molecule has 0 spiro atoms. The van der Waals surface area contributed by atoms with Crippen LogP contribution in [0.1, 0.15) is 42.6 Å². The monoisotopic (exact) mass is 293 g/mol. The van der Waals surface area contributed by atoms with Crippen LogP contribution in [0.4, 0.5) is 0 Å². The van der Waals surface area contributed by atoms with Crippen molar-refractivity contribution in [3.63, 3.8) is 0 Å². The fourth-order valence-corrected chi connectivity index (χ4v) is 2.53. The second-order valence-corrected chi connectivity index (χ2v) is 5.11. The first-order valence-electron chi connectivity index (χ1n) is 7.49. The molecule has 1 aromatic rings. The zero-order valence-electron chi connectivity index (χ0n) is 13.3. The van der Waals surface area contributed by atoms with Gasteiger partial charge < -0.3 is 4.74 Å². The third-order valence-electron chi connectivity index (χ3n) is 3.75. The fourth-order valence-electron chi connectivity index (χ4n) is 2.53. The molecule has 0 saturated carbocycles. The first-order chi connectivity index (χ1) is 10.2. The van der Waals surface area contributed by atoms with Crippen molar-refractivity contribution < 1.29 is 9.53 Å². The standard InChI is InChI=1S/C16H27N3O2/c1-4-15(5-2)19(9-10-21-3)12-13-7-6-8-14(11-13)16(20)18-17/h6-8,11,15H,4-5,9-10,12,17H2,1-3H3,(H,18,20). The number of amides is 1. The highest BCUT2D eigenvalue weighted by Gasteiger charge is 2.15.